The topological polar surface area (TPSA) is 95.1 Å². The maximum absolute atomic E-state index is 12.0. The monoisotopic (exact) mass is 464 g/mol. The number of allylic oxidation sites excluding steroid dienone is 2. The van der Waals surface area contributed by atoms with Gasteiger partial charge in [0.1, 0.15) is 6.10 Å². The number of ether oxygens (including phenoxy) is 4. The molecule has 8 nitrogen and oxygen atoms in total. The van der Waals surface area contributed by atoms with Crippen LogP contribution in [0.4, 0.5) is 4.79 Å². The average molecular weight is 465 g/mol. The Morgan fingerprint density at radius 1 is 1.21 bits per heavy atom. The van der Waals surface area contributed by atoms with Gasteiger partial charge in [-0.25, -0.2) is 4.79 Å². The van der Waals surface area contributed by atoms with Crippen LogP contribution in [0.25, 0.3) is 0 Å². The van der Waals surface area contributed by atoms with Crippen molar-refractivity contribution in [2.45, 2.75) is 84.0 Å². The van der Waals surface area contributed by atoms with Crippen molar-refractivity contribution in [2.75, 3.05) is 20.3 Å². The smallest absolute Gasteiger partial charge is 0.407 e. The van der Waals surface area contributed by atoms with E-state index in [2.05, 4.69) is 56.6 Å². The van der Waals surface area contributed by atoms with Crippen molar-refractivity contribution in [3.05, 3.63) is 36.0 Å². The molecular weight excluding hydrogens is 424 g/mol. The van der Waals surface area contributed by atoms with E-state index in [0.29, 0.717) is 25.6 Å². The van der Waals surface area contributed by atoms with E-state index in [1.54, 1.807) is 6.92 Å². The summed E-state index contributed by atoms with van der Waals surface area (Å²) in [6.07, 6.45) is 10.7. The molecule has 0 bridgehead atoms. The third-order valence-electron chi connectivity index (χ3n) is 5.48. The Hall–Kier alpha value is -2.16. The molecule has 186 valence electrons. The van der Waals surface area contributed by atoms with Crippen molar-refractivity contribution in [1.82, 2.24) is 10.6 Å². The molecule has 2 rings (SSSR count). The van der Waals surface area contributed by atoms with E-state index in [4.69, 9.17) is 18.9 Å². The quantitative estimate of drug-likeness (QED) is 0.421. The molecule has 2 saturated heterocycles. The lowest BCUT2D eigenvalue weighted by atomic mass is 9.86. The Morgan fingerprint density at radius 2 is 1.91 bits per heavy atom. The first kappa shape index (κ1) is 27.1. The number of nitrogens with one attached hydrogen (secondary N) is 2. The Bertz CT molecular complexity index is 737. The zero-order chi connectivity index (χ0) is 24.4. The SMILES string of the molecule is CNC(=O)OC(C)C=CC(=O)NC1COC(CC=C(C)C=CC2CC(C)CC(C)(C)O2)OC1. The first-order valence-electron chi connectivity index (χ1n) is 11.7. The summed E-state index contributed by atoms with van der Waals surface area (Å²) in [6.45, 7) is 11.1. The van der Waals surface area contributed by atoms with Crippen molar-refractivity contribution < 1.29 is 28.5 Å². The van der Waals surface area contributed by atoms with Gasteiger partial charge in [-0.1, -0.05) is 30.7 Å². The second kappa shape index (κ2) is 12.9. The highest BCUT2D eigenvalue weighted by molar-refractivity contribution is 5.87. The molecule has 2 N–H and O–H groups in total. The lowest BCUT2D eigenvalue weighted by Gasteiger charge is -2.38. The minimum atomic E-state index is -0.548. The maximum Gasteiger partial charge on any atom is 0.407 e. The number of hydrogen-bond donors (Lipinski definition) is 2. The highest BCUT2D eigenvalue weighted by atomic mass is 16.7. The van der Waals surface area contributed by atoms with E-state index in [1.807, 2.05) is 0 Å². The molecule has 0 saturated carbocycles. The molecule has 0 aromatic heterocycles. The highest BCUT2D eigenvalue weighted by Gasteiger charge is 2.31. The highest BCUT2D eigenvalue weighted by Crippen LogP contribution is 2.32. The summed E-state index contributed by atoms with van der Waals surface area (Å²) in [5, 5.41) is 5.18. The molecule has 33 heavy (non-hydrogen) atoms. The van der Waals surface area contributed by atoms with E-state index in [9.17, 15) is 9.59 Å². The molecule has 2 amide bonds. The summed E-state index contributed by atoms with van der Waals surface area (Å²) in [6, 6.07) is -0.229. The average Bonchev–Trinajstić information content (AvgIpc) is 2.74. The molecule has 2 heterocycles. The molecule has 0 aliphatic carbocycles. The number of carbonyl (C=O) groups excluding carboxylic acids is 2. The van der Waals surface area contributed by atoms with E-state index in [0.717, 1.165) is 18.4 Å². The molecule has 2 aliphatic rings. The number of hydrogen-bond acceptors (Lipinski definition) is 6. The number of rotatable bonds is 8. The lowest BCUT2D eigenvalue weighted by Crippen LogP contribution is -2.46. The van der Waals surface area contributed by atoms with E-state index < -0.39 is 12.2 Å². The predicted molar refractivity (Wildman–Crippen MR) is 127 cm³/mol. The van der Waals surface area contributed by atoms with Crippen LogP contribution in [-0.2, 0) is 23.7 Å². The van der Waals surface area contributed by atoms with Gasteiger partial charge in [-0.3, -0.25) is 4.79 Å². The number of carbonyl (C=O) groups is 2. The maximum atomic E-state index is 12.0. The normalized spacial score (nSPS) is 29.1. The van der Waals surface area contributed by atoms with Crippen LogP contribution in [0.3, 0.4) is 0 Å². The summed E-state index contributed by atoms with van der Waals surface area (Å²) in [4.78, 5) is 23.2. The van der Waals surface area contributed by atoms with Crippen molar-refractivity contribution >= 4 is 12.0 Å². The second-order valence-corrected chi connectivity index (χ2v) is 9.53. The molecule has 2 fully saturated rings. The molecule has 0 aromatic rings. The summed E-state index contributed by atoms with van der Waals surface area (Å²) in [7, 11) is 1.48. The molecule has 0 spiro atoms. The van der Waals surface area contributed by atoms with Gasteiger partial charge < -0.3 is 29.6 Å². The van der Waals surface area contributed by atoms with Crippen molar-refractivity contribution in [2.24, 2.45) is 5.92 Å². The van der Waals surface area contributed by atoms with Crippen LogP contribution in [0.2, 0.25) is 0 Å². The molecule has 8 heteroatoms. The lowest BCUT2D eigenvalue weighted by molar-refractivity contribution is -0.187. The van der Waals surface area contributed by atoms with Crippen LogP contribution in [0.1, 0.15) is 53.9 Å². The summed E-state index contributed by atoms with van der Waals surface area (Å²) in [5.41, 5.74) is 1.06. The minimum absolute atomic E-state index is 0.0760. The van der Waals surface area contributed by atoms with Crippen molar-refractivity contribution in [3.63, 3.8) is 0 Å². The molecule has 3 atom stereocenters. The largest absolute Gasteiger partial charge is 0.442 e. The third-order valence-corrected chi connectivity index (χ3v) is 5.48. The van der Waals surface area contributed by atoms with Crippen LogP contribution >= 0.6 is 0 Å². The second-order valence-electron chi connectivity index (χ2n) is 9.53. The zero-order valence-corrected chi connectivity index (χ0v) is 20.8. The van der Waals surface area contributed by atoms with E-state index >= 15 is 0 Å². The van der Waals surface area contributed by atoms with Gasteiger partial charge in [0, 0.05) is 19.5 Å². The fourth-order valence-corrected chi connectivity index (χ4v) is 4.05. The van der Waals surface area contributed by atoms with Crippen LogP contribution in [0, 0.1) is 5.92 Å². The van der Waals surface area contributed by atoms with E-state index in [1.165, 1.54) is 19.2 Å². The Morgan fingerprint density at radius 3 is 2.55 bits per heavy atom. The first-order chi connectivity index (χ1) is 15.6. The van der Waals surface area contributed by atoms with Gasteiger partial charge in [-0.05, 0) is 52.5 Å². The molecule has 2 aliphatic heterocycles. The molecule has 0 aromatic carbocycles. The van der Waals surface area contributed by atoms with Crippen LogP contribution in [0.15, 0.2) is 36.0 Å². The predicted octanol–water partition coefficient (Wildman–Crippen LogP) is 3.63. The van der Waals surface area contributed by atoms with Gasteiger partial charge in [0.15, 0.2) is 6.29 Å². The van der Waals surface area contributed by atoms with Gasteiger partial charge in [0.25, 0.3) is 0 Å². The van der Waals surface area contributed by atoms with Gasteiger partial charge in [0.2, 0.25) is 5.91 Å². The van der Waals surface area contributed by atoms with Gasteiger partial charge in [-0.2, -0.15) is 0 Å². The summed E-state index contributed by atoms with van der Waals surface area (Å²) in [5.74, 6) is 0.362. The fraction of sp³-hybridized carbons (Fsp3) is 0.680. The van der Waals surface area contributed by atoms with Crippen LogP contribution in [0.5, 0.6) is 0 Å². The van der Waals surface area contributed by atoms with Gasteiger partial charge in [-0.15, -0.1) is 0 Å². The van der Waals surface area contributed by atoms with E-state index in [-0.39, 0.29) is 29.9 Å². The zero-order valence-electron chi connectivity index (χ0n) is 20.8. The Labute approximate surface area is 197 Å². The summed E-state index contributed by atoms with van der Waals surface area (Å²) >= 11 is 0. The standard InChI is InChI=1S/C25H40N2O6/c1-17(7-10-21-13-18(2)14-25(4,5)33-21)8-12-23-30-15-20(16-31-23)27-22(28)11-9-19(3)32-24(29)26-6/h7-11,18-21,23H,12-16H2,1-6H3,(H,26,29)(H,27,28). The van der Waals surface area contributed by atoms with Crippen molar-refractivity contribution in [3.8, 4) is 0 Å². The van der Waals surface area contributed by atoms with Gasteiger partial charge >= 0.3 is 6.09 Å². The van der Waals surface area contributed by atoms with Crippen molar-refractivity contribution in [1.29, 1.82) is 0 Å². The number of alkyl carbamates (subject to hydrolysis) is 1. The fourth-order valence-electron chi connectivity index (χ4n) is 4.05. The van der Waals surface area contributed by atoms with Crippen LogP contribution < -0.4 is 10.6 Å². The van der Waals surface area contributed by atoms with Gasteiger partial charge in [0.05, 0.1) is 31.0 Å². The molecule has 3 unspecified atom stereocenters. The Kier molecular flexibility index (Phi) is 10.6. The molecule has 0 radical (unpaired) electrons. The molecular formula is C25H40N2O6. The minimum Gasteiger partial charge on any atom is -0.442 e. The van der Waals surface area contributed by atoms with Crippen LogP contribution in [-0.4, -0.2) is 62.4 Å². The third kappa shape index (κ3) is 10.5. The summed E-state index contributed by atoms with van der Waals surface area (Å²) < 4.78 is 22.6. The Balaban J connectivity index is 1.69. The number of amides is 2. The first-order valence-corrected chi connectivity index (χ1v) is 11.7.